The smallest absolute Gasteiger partial charge is 0.176 e. The van der Waals surface area contributed by atoms with Crippen molar-refractivity contribution in [3.8, 4) is 0 Å². The van der Waals surface area contributed by atoms with E-state index >= 15 is 0 Å². The Balaban J connectivity index is 2.93. The highest BCUT2D eigenvalue weighted by atomic mass is 16.1. The minimum atomic E-state index is -0.0307. The van der Waals surface area contributed by atoms with Gasteiger partial charge in [0.25, 0.3) is 0 Å². The number of aryl methyl sites for hydroxylation is 1. The molecule has 2 aromatic rings. The van der Waals surface area contributed by atoms with Gasteiger partial charge in [0.15, 0.2) is 11.6 Å². The molecule has 0 aliphatic heterocycles. The monoisotopic (exact) mass is 215 g/mol. The second kappa shape index (κ2) is 3.59. The summed E-state index contributed by atoms with van der Waals surface area (Å²) in [6, 6.07) is 7.34. The molecule has 0 unspecified atom stereocenters. The Kier molecular flexibility index (Phi) is 2.38. The van der Waals surface area contributed by atoms with E-state index in [1.54, 1.807) is 6.07 Å². The number of fused-ring (bicyclic) bond motifs is 1. The van der Waals surface area contributed by atoms with Crippen molar-refractivity contribution < 1.29 is 9.59 Å². The lowest BCUT2D eigenvalue weighted by molar-refractivity contribution is 0.101. The van der Waals surface area contributed by atoms with Crippen LogP contribution in [0.25, 0.3) is 5.52 Å². The van der Waals surface area contributed by atoms with Gasteiger partial charge < -0.3 is 4.40 Å². The maximum atomic E-state index is 11.5. The van der Waals surface area contributed by atoms with Crippen LogP contribution in [0.15, 0.2) is 24.3 Å². The van der Waals surface area contributed by atoms with Crippen LogP contribution in [0, 0.1) is 6.92 Å². The average molecular weight is 215 g/mol. The number of nitrogens with zero attached hydrogens (tertiary/aromatic N) is 1. The molecule has 0 bridgehead atoms. The Bertz CT molecular complexity index is 593. The molecule has 2 aromatic heterocycles. The first-order valence-corrected chi connectivity index (χ1v) is 5.15. The standard InChI is InChI=1S/C13H13NO2/c1-8-5-4-6-12-11(9(2)15)7-13(10(3)16)14(8)12/h4-7H,1-3H3. The zero-order valence-electron chi connectivity index (χ0n) is 9.57. The normalized spacial score (nSPS) is 10.7. The molecule has 0 saturated carbocycles. The quantitative estimate of drug-likeness (QED) is 0.722. The minimum absolute atomic E-state index is 0.0180. The van der Waals surface area contributed by atoms with E-state index in [1.165, 1.54) is 13.8 Å². The molecule has 0 radical (unpaired) electrons. The summed E-state index contributed by atoms with van der Waals surface area (Å²) in [5, 5.41) is 0. The van der Waals surface area contributed by atoms with Gasteiger partial charge in [-0.05, 0) is 32.0 Å². The largest absolute Gasteiger partial charge is 0.310 e. The molecule has 0 fully saturated rings. The second-order valence-corrected chi connectivity index (χ2v) is 3.94. The molecule has 82 valence electrons. The molecule has 0 aliphatic carbocycles. The van der Waals surface area contributed by atoms with E-state index in [2.05, 4.69) is 0 Å². The number of rotatable bonds is 2. The van der Waals surface area contributed by atoms with Crippen LogP contribution in [-0.4, -0.2) is 16.0 Å². The number of carbonyl (C=O) groups is 2. The number of Topliss-reactive ketones (excluding diaryl/α,β-unsaturated/α-hetero) is 2. The Labute approximate surface area is 93.7 Å². The van der Waals surface area contributed by atoms with Gasteiger partial charge in [-0.3, -0.25) is 9.59 Å². The highest BCUT2D eigenvalue weighted by Gasteiger charge is 2.15. The van der Waals surface area contributed by atoms with Gasteiger partial charge in [-0.2, -0.15) is 0 Å². The molecule has 2 rings (SSSR count). The minimum Gasteiger partial charge on any atom is -0.310 e. The van der Waals surface area contributed by atoms with Crippen LogP contribution in [0.5, 0.6) is 0 Å². The van der Waals surface area contributed by atoms with E-state index in [0.717, 1.165) is 11.2 Å². The lowest BCUT2D eigenvalue weighted by Crippen LogP contribution is -2.00. The Hall–Kier alpha value is -1.90. The van der Waals surface area contributed by atoms with Gasteiger partial charge in [-0.15, -0.1) is 0 Å². The first-order chi connectivity index (χ1) is 7.52. The zero-order chi connectivity index (χ0) is 11.9. The summed E-state index contributed by atoms with van der Waals surface area (Å²) in [4.78, 5) is 23.0. The molecule has 0 N–H and O–H groups in total. The average Bonchev–Trinajstić information content (AvgIpc) is 2.58. The fraction of sp³-hybridized carbons (Fsp3) is 0.231. The summed E-state index contributed by atoms with van der Waals surface area (Å²) >= 11 is 0. The van der Waals surface area contributed by atoms with Crippen LogP contribution in [-0.2, 0) is 0 Å². The Morgan fingerprint density at radius 1 is 1.12 bits per heavy atom. The lowest BCUT2D eigenvalue weighted by atomic mass is 10.2. The van der Waals surface area contributed by atoms with E-state index in [1.807, 2.05) is 29.5 Å². The number of pyridine rings is 1. The number of carbonyl (C=O) groups excluding carboxylic acids is 2. The van der Waals surface area contributed by atoms with Crippen molar-refractivity contribution in [3.63, 3.8) is 0 Å². The number of aromatic nitrogens is 1. The summed E-state index contributed by atoms with van der Waals surface area (Å²) in [6.07, 6.45) is 0. The number of hydrogen-bond donors (Lipinski definition) is 0. The molecular formula is C13H13NO2. The number of ketones is 2. The van der Waals surface area contributed by atoms with Gasteiger partial charge in [0.1, 0.15) is 0 Å². The Morgan fingerprint density at radius 2 is 1.81 bits per heavy atom. The van der Waals surface area contributed by atoms with Crippen molar-refractivity contribution in [2.45, 2.75) is 20.8 Å². The third-order valence-corrected chi connectivity index (χ3v) is 2.72. The molecule has 0 aliphatic rings. The fourth-order valence-electron chi connectivity index (χ4n) is 1.96. The van der Waals surface area contributed by atoms with E-state index in [-0.39, 0.29) is 11.6 Å². The van der Waals surface area contributed by atoms with Gasteiger partial charge in [0.2, 0.25) is 0 Å². The summed E-state index contributed by atoms with van der Waals surface area (Å²) in [5.74, 6) is -0.0487. The molecule has 0 aromatic carbocycles. The maximum Gasteiger partial charge on any atom is 0.176 e. The topological polar surface area (TPSA) is 38.5 Å². The predicted octanol–water partition coefficient (Wildman–Crippen LogP) is 2.65. The van der Waals surface area contributed by atoms with Gasteiger partial charge >= 0.3 is 0 Å². The van der Waals surface area contributed by atoms with Crippen LogP contribution in [0.2, 0.25) is 0 Å². The van der Waals surface area contributed by atoms with Crippen LogP contribution >= 0.6 is 0 Å². The molecule has 0 atom stereocenters. The van der Waals surface area contributed by atoms with E-state index < -0.39 is 0 Å². The van der Waals surface area contributed by atoms with Crippen molar-refractivity contribution >= 4 is 17.1 Å². The summed E-state index contributed by atoms with van der Waals surface area (Å²) in [5.41, 5.74) is 2.93. The number of hydrogen-bond acceptors (Lipinski definition) is 2. The highest BCUT2D eigenvalue weighted by Crippen LogP contribution is 2.20. The van der Waals surface area contributed by atoms with E-state index in [9.17, 15) is 9.59 Å². The van der Waals surface area contributed by atoms with Crippen molar-refractivity contribution in [1.29, 1.82) is 0 Å². The first-order valence-electron chi connectivity index (χ1n) is 5.15. The third-order valence-electron chi connectivity index (χ3n) is 2.72. The molecule has 2 heterocycles. The van der Waals surface area contributed by atoms with Crippen molar-refractivity contribution in [1.82, 2.24) is 4.40 Å². The maximum absolute atomic E-state index is 11.5. The second-order valence-electron chi connectivity index (χ2n) is 3.94. The molecule has 0 saturated heterocycles. The highest BCUT2D eigenvalue weighted by molar-refractivity contribution is 6.05. The van der Waals surface area contributed by atoms with Crippen LogP contribution in [0.1, 0.15) is 40.4 Å². The molecule has 0 amide bonds. The Morgan fingerprint density at radius 3 is 2.38 bits per heavy atom. The predicted molar refractivity (Wildman–Crippen MR) is 62.1 cm³/mol. The first kappa shape index (κ1) is 10.6. The SMILES string of the molecule is CC(=O)c1cc(C(C)=O)n2c(C)cccc12. The molecule has 3 heteroatoms. The van der Waals surface area contributed by atoms with Crippen molar-refractivity contribution in [3.05, 3.63) is 41.2 Å². The van der Waals surface area contributed by atoms with Crippen molar-refractivity contribution in [2.75, 3.05) is 0 Å². The van der Waals surface area contributed by atoms with E-state index in [4.69, 9.17) is 0 Å². The van der Waals surface area contributed by atoms with E-state index in [0.29, 0.717) is 11.3 Å². The van der Waals surface area contributed by atoms with Gasteiger partial charge in [0, 0.05) is 18.2 Å². The van der Waals surface area contributed by atoms with Crippen LogP contribution < -0.4 is 0 Å². The molecule has 3 nitrogen and oxygen atoms in total. The summed E-state index contributed by atoms with van der Waals surface area (Å²) in [6.45, 7) is 4.95. The van der Waals surface area contributed by atoms with Gasteiger partial charge in [-0.1, -0.05) is 6.07 Å². The summed E-state index contributed by atoms with van der Waals surface area (Å²) in [7, 11) is 0. The fourth-order valence-corrected chi connectivity index (χ4v) is 1.96. The van der Waals surface area contributed by atoms with Gasteiger partial charge in [-0.25, -0.2) is 0 Å². The molecule has 0 spiro atoms. The van der Waals surface area contributed by atoms with Crippen LogP contribution in [0.3, 0.4) is 0 Å². The third kappa shape index (κ3) is 1.45. The zero-order valence-corrected chi connectivity index (χ0v) is 9.57. The molecule has 16 heavy (non-hydrogen) atoms. The summed E-state index contributed by atoms with van der Waals surface area (Å²) < 4.78 is 1.83. The lowest BCUT2D eigenvalue weighted by Gasteiger charge is -2.03. The van der Waals surface area contributed by atoms with Crippen molar-refractivity contribution in [2.24, 2.45) is 0 Å². The van der Waals surface area contributed by atoms with Gasteiger partial charge in [0.05, 0.1) is 11.2 Å². The molecular weight excluding hydrogens is 202 g/mol. The van der Waals surface area contributed by atoms with Crippen LogP contribution in [0.4, 0.5) is 0 Å².